The van der Waals surface area contributed by atoms with Crippen LogP contribution < -0.4 is 5.32 Å². The van der Waals surface area contributed by atoms with Crippen molar-refractivity contribution >= 4 is 40.7 Å². The van der Waals surface area contributed by atoms with E-state index in [1.807, 2.05) is 54.6 Å². The monoisotopic (exact) mass is 580 g/mol. The van der Waals surface area contributed by atoms with Gasteiger partial charge in [0.25, 0.3) is 9.70 Å². The van der Waals surface area contributed by atoms with Crippen molar-refractivity contribution in [3.8, 4) is 0 Å². The largest absolute Gasteiger partial charge is 0.392 e. The first-order valence-corrected chi connectivity index (χ1v) is 14.2. The Hall–Kier alpha value is -1.64. The minimum absolute atomic E-state index is 0.00648. The van der Waals surface area contributed by atoms with Crippen molar-refractivity contribution < 1.29 is 19.4 Å². The molecule has 1 amide bonds. The van der Waals surface area contributed by atoms with Crippen molar-refractivity contribution in [2.24, 2.45) is 0 Å². The maximum atomic E-state index is 11.9. The van der Waals surface area contributed by atoms with Gasteiger partial charge >= 0.3 is 0 Å². The number of ether oxygens (including phenoxy) is 2. The van der Waals surface area contributed by atoms with E-state index in [9.17, 15) is 9.90 Å². The van der Waals surface area contributed by atoms with Gasteiger partial charge in [-0.05, 0) is 29.5 Å². The Morgan fingerprint density at radius 3 is 2.26 bits per heavy atom. The van der Waals surface area contributed by atoms with Gasteiger partial charge in [0, 0.05) is 37.7 Å². The lowest BCUT2D eigenvalue weighted by Gasteiger charge is -2.39. The molecule has 1 saturated carbocycles. The topological polar surface area (TPSA) is 71.0 Å². The highest BCUT2D eigenvalue weighted by Gasteiger charge is 2.35. The summed E-state index contributed by atoms with van der Waals surface area (Å²) < 4.78 is 11.0. The number of carbonyl (C=O) groups excluding carboxylic acids is 1. The maximum absolute atomic E-state index is 11.9. The Morgan fingerprint density at radius 1 is 1.03 bits per heavy atom. The lowest BCUT2D eigenvalue weighted by atomic mass is 9.99. The molecule has 3 atom stereocenters. The molecular formula is C29H35Cl3N2O4. The van der Waals surface area contributed by atoms with E-state index in [2.05, 4.69) is 16.8 Å². The van der Waals surface area contributed by atoms with E-state index in [1.165, 1.54) is 25.7 Å². The first-order valence-electron chi connectivity index (χ1n) is 13.1. The van der Waals surface area contributed by atoms with Crippen LogP contribution in [0.3, 0.4) is 0 Å². The minimum Gasteiger partial charge on any atom is -0.392 e. The number of aliphatic hydroxyl groups is 1. The molecule has 38 heavy (non-hydrogen) atoms. The number of hydrogen-bond acceptors (Lipinski definition) is 5. The number of hydrogen-bond donors (Lipinski definition) is 2. The number of aliphatic hydroxyl groups excluding tert-OH is 1. The summed E-state index contributed by atoms with van der Waals surface area (Å²) in [5.41, 5.74) is 3.67. The third kappa shape index (κ3) is 7.95. The summed E-state index contributed by atoms with van der Waals surface area (Å²) in [5, 5.41) is 12.1. The zero-order valence-electron chi connectivity index (χ0n) is 21.3. The molecule has 0 unspecified atom stereocenters. The number of halogens is 3. The molecular weight excluding hydrogens is 547 g/mol. The van der Waals surface area contributed by atoms with Gasteiger partial charge in [-0.3, -0.25) is 9.69 Å². The molecule has 2 N–H and O–H groups in total. The Kier molecular flexibility index (Phi) is 10.5. The second kappa shape index (κ2) is 13.6. The average Bonchev–Trinajstić information content (AvgIpc) is 3.46. The van der Waals surface area contributed by atoms with E-state index in [-0.39, 0.29) is 25.4 Å². The lowest BCUT2D eigenvalue weighted by Crippen LogP contribution is -2.43. The fourth-order valence-electron chi connectivity index (χ4n) is 5.18. The molecule has 2 aromatic rings. The third-order valence-corrected chi connectivity index (χ3v) is 7.74. The first kappa shape index (κ1) is 29.3. The summed E-state index contributed by atoms with van der Waals surface area (Å²) in [6.45, 7) is 5.86. The van der Waals surface area contributed by atoms with Crippen molar-refractivity contribution in [3.05, 3.63) is 83.4 Å². The molecule has 2 fully saturated rings. The van der Waals surface area contributed by atoms with Crippen molar-refractivity contribution in [2.75, 3.05) is 13.1 Å². The number of amides is 1. The van der Waals surface area contributed by atoms with Crippen LogP contribution in [0.2, 0.25) is 0 Å². The molecule has 0 radical (unpaired) electrons. The molecule has 0 spiro atoms. The summed E-state index contributed by atoms with van der Waals surface area (Å²) in [6, 6.07) is 16.1. The van der Waals surface area contributed by atoms with Gasteiger partial charge in [0.15, 0.2) is 6.29 Å². The number of nitrogens with zero attached hydrogens (tertiary/aromatic N) is 1. The van der Waals surface area contributed by atoms with Crippen LogP contribution in [-0.4, -0.2) is 44.9 Å². The Morgan fingerprint density at radius 2 is 1.66 bits per heavy atom. The van der Waals surface area contributed by atoms with Crippen molar-refractivity contribution in [3.63, 3.8) is 0 Å². The molecule has 206 valence electrons. The van der Waals surface area contributed by atoms with Crippen LogP contribution in [0.15, 0.2) is 61.2 Å². The molecule has 4 rings (SSSR count). The minimum atomic E-state index is -2.00. The van der Waals surface area contributed by atoms with Crippen LogP contribution in [0.25, 0.3) is 0 Å². The van der Waals surface area contributed by atoms with E-state index in [1.54, 1.807) is 0 Å². The average molecular weight is 582 g/mol. The zero-order valence-corrected chi connectivity index (χ0v) is 23.6. The highest BCUT2D eigenvalue weighted by atomic mass is 35.6. The quantitative estimate of drug-likeness (QED) is 0.260. The fraction of sp³-hybridized carbons (Fsp3) is 0.483. The van der Waals surface area contributed by atoms with Gasteiger partial charge < -0.3 is 19.9 Å². The number of nitrogens with one attached hydrogen (secondary N) is 1. The molecule has 1 saturated heterocycles. The van der Waals surface area contributed by atoms with E-state index >= 15 is 0 Å². The van der Waals surface area contributed by atoms with Crippen molar-refractivity contribution in [1.82, 2.24) is 10.2 Å². The molecule has 9 heteroatoms. The molecule has 1 aliphatic heterocycles. The Balaban J connectivity index is 1.50. The number of benzene rings is 2. The summed E-state index contributed by atoms with van der Waals surface area (Å²) in [6.07, 6.45) is 6.94. The third-order valence-electron chi connectivity index (χ3n) is 7.22. The molecule has 0 aromatic heterocycles. The second-order valence-corrected chi connectivity index (χ2v) is 12.2. The smallest absolute Gasteiger partial charge is 0.272 e. The van der Waals surface area contributed by atoms with Crippen molar-refractivity contribution in [1.29, 1.82) is 0 Å². The van der Waals surface area contributed by atoms with E-state index in [4.69, 9.17) is 44.3 Å². The first-order chi connectivity index (χ1) is 18.3. The van der Waals surface area contributed by atoms with Crippen LogP contribution in [0.4, 0.5) is 0 Å². The molecule has 2 aliphatic rings. The summed E-state index contributed by atoms with van der Waals surface area (Å²) >= 11 is 16.9. The van der Waals surface area contributed by atoms with E-state index < -0.39 is 16.0 Å². The lowest BCUT2D eigenvalue weighted by molar-refractivity contribution is -0.253. The van der Waals surface area contributed by atoms with Gasteiger partial charge in [0.05, 0.1) is 18.8 Å². The van der Waals surface area contributed by atoms with Gasteiger partial charge in [-0.15, -0.1) is 6.58 Å². The van der Waals surface area contributed by atoms with E-state index in [0.717, 1.165) is 41.8 Å². The normalized spacial score (nSPS) is 22.5. The Labute approximate surface area is 239 Å². The predicted molar refractivity (Wildman–Crippen MR) is 151 cm³/mol. The summed E-state index contributed by atoms with van der Waals surface area (Å²) in [5.74, 6) is -0.672. The SMILES string of the molecule is C=CCN(C[C@H]1C[C@@H](c2ccc(CO)cc2)O[C@@H](c2ccc(CNC(=O)C(Cl)(Cl)Cl)cc2)O1)C1CCCC1. The molecule has 1 heterocycles. The highest BCUT2D eigenvalue weighted by Crippen LogP contribution is 2.39. The Bertz CT molecular complexity index is 1050. The van der Waals surface area contributed by atoms with Gasteiger partial charge in [-0.2, -0.15) is 0 Å². The van der Waals surface area contributed by atoms with Crippen LogP contribution in [0.5, 0.6) is 0 Å². The van der Waals surface area contributed by atoms with Gasteiger partial charge in [-0.25, -0.2) is 0 Å². The van der Waals surface area contributed by atoms with Gasteiger partial charge in [-0.1, -0.05) is 102 Å². The standard InChI is InChI=1S/C29H35Cl3N2O4/c1-2-15-34(24-5-3-4-6-24)18-25-16-26(22-11-9-21(19-35)10-12-22)38-27(37-25)23-13-7-20(8-14-23)17-33-28(36)29(30,31)32/h2,7-14,24-27,35H,1,3-6,15-19H2,(H,33,36)/t25-,26+,27+/m1/s1. The van der Waals surface area contributed by atoms with E-state index in [0.29, 0.717) is 6.04 Å². The van der Waals surface area contributed by atoms with Gasteiger partial charge in [0.1, 0.15) is 0 Å². The van der Waals surface area contributed by atoms with Crippen LogP contribution in [0.1, 0.15) is 66.8 Å². The second-order valence-electron chi connectivity index (χ2n) is 9.95. The molecule has 2 aromatic carbocycles. The molecule has 1 aliphatic carbocycles. The van der Waals surface area contributed by atoms with Crippen molar-refractivity contribution in [2.45, 2.75) is 73.6 Å². The van der Waals surface area contributed by atoms with Crippen LogP contribution >= 0.6 is 34.8 Å². The van der Waals surface area contributed by atoms with Crippen LogP contribution in [-0.2, 0) is 27.4 Å². The number of alkyl halides is 3. The number of rotatable bonds is 10. The van der Waals surface area contributed by atoms with Crippen LogP contribution in [0, 0.1) is 0 Å². The summed E-state index contributed by atoms with van der Waals surface area (Å²) in [7, 11) is 0. The fourth-order valence-corrected chi connectivity index (χ4v) is 5.38. The molecule has 6 nitrogen and oxygen atoms in total. The predicted octanol–water partition coefficient (Wildman–Crippen LogP) is 6.14. The maximum Gasteiger partial charge on any atom is 0.272 e. The summed E-state index contributed by atoms with van der Waals surface area (Å²) in [4.78, 5) is 14.4. The number of carbonyl (C=O) groups is 1. The van der Waals surface area contributed by atoms with Gasteiger partial charge in [0.2, 0.25) is 0 Å². The highest BCUT2D eigenvalue weighted by molar-refractivity contribution is 6.76. The zero-order chi connectivity index (χ0) is 27.1. The molecule has 0 bridgehead atoms.